The summed E-state index contributed by atoms with van der Waals surface area (Å²) < 4.78 is 134. The summed E-state index contributed by atoms with van der Waals surface area (Å²) in [5.41, 5.74) is 12.5. The molecule has 63 heavy (non-hydrogen) atoms. The van der Waals surface area contributed by atoms with Gasteiger partial charge in [0.15, 0.2) is 23.3 Å². The Balaban J connectivity index is 1.05. The molecular weight excluding hydrogens is 867 g/mol. The average Bonchev–Trinajstić information content (AvgIpc) is 3.26. The molecular formula is C43H42F4N7O7S2+. The first kappa shape index (κ1) is 42.8. The minimum Gasteiger partial charge on any atom is -0.455 e. The lowest BCUT2D eigenvalue weighted by Gasteiger charge is -2.39. The van der Waals surface area contributed by atoms with E-state index >= 15 is 0 Å². The summed E-state index contributed by atoms with van der Waals surface area (Å²) >= 11 is 0. The van der Waals surface area contributed by atoms with Gasteiger partial charge in [-0.1, -0.05) is 17.6 Å². The van der Waals surface area contributed by atoms with E-state index < -0.39 is 65.5 Å². The molecule has 3 N–H and O–H groups in total. The van der Waals surface area contributed by atoms with Crippen molar-refractivity contribution in [3.8, 4) is 11.5 Å². The Hall–Kier alpha value is -5.53. The lowest BCUT2D eigenvalue weighted by Crippen LogP contribution is -2.45. The lowest BCUT2D eigenvalue weighted by atomic mass is 9.82. The van der Waals surface area contributed by atoms with E-state index in [-0.39, 0.29) is 42.8 Å². The zero-order chi connectivity index (χ0) is 44.4. The van der Waals surface area contributed by atoms with Gasteiger partial charge < -0.3 is 15.0 Å². The predicted molar refractivity (Wildman–Crippen MR) is 223 cm³/mol. The first-order valence-corrected chi connectivity index (χ1v) is 23.9. The molecule has 0 aromatic heterocycles. The number of nitrogens with one attached hydrogen (secondary N) is 2. The van der Waals surface area contributed by atoms with Crippen LogP contribution in [0.5, 0.6) is 11.5 Å². The fourth-order valence-electron chi connectivity index (χ4n) is 9.85. The van der Waals surface area contributed by atoms with Crippen molar-refractivity contribution in [2.45, 2.75) is 80.4 Å². The highest BCUT2D eigenvalue weighted by Crippen LogP contribution is 2.49. The Labute approximate surface area is 359 Å². The van der Waals surface area contributed by atoms with Crippen molar-refractivity contribution >= 4 is 43.0 Å². The van der Waals surface area contributed by atoms with E-state index in [0.717, 1.165) is 106 Å². The smallest absolute Gasteiger partial charge is 0.294 e. The summed E-state index contributed by atoms with van der Waals surface area (Å²) in [6.45, 7) is 3.35. The van der Waals surface area contributed by atoms with Crippen LogP contribution in [0.1, 0.15) is 88.7 Å². The summed E-state index contributed by atoms with van der Waals surface area (Å²) in [6, 6.07) is 7.77. The number of amides is 1. The number of halogens is 4. The number of rotatable bonds is 12. The van der Waals surface area contributed by atoms with Crippen LogP contribution in [-0.2, 0) is 45.8 Å². The molecule has 20 heteroatoms. The van der Waals surface area contributed by atoms with Gasteiger partial charge >= 0.3 is 0 Å². The number of azide groups is 1. The number of benzene rings is 4. The number of hydrogen-bond donors (Lipinski definition) is 3. The topological polar surface area (TPSA) is 194 Å². The summed E-state index contributed by atoms with van der Waals surface area (Å²) in [6.07, 6.45) is 7.53. The lowest BCUT2D eigenvalue weighted by molar-refractivity contribution is 0.0942. The molecule has 330 valence electrons. The Morgan fingerprint density at radius 1 is 0.825 bits per heavy atom. The van der Waals surface area contributed by atoms with E-state index in [9.17, 15) is 43.7 Å². The van der Waals surface area contributed by atoms with Gasteiger partial charge in [-0.3, -0.25) is 9.35 Å². The Morgan fingerprint density at radius 3 is 2.24 bits per heavy atom. The maximum absolute atomic E-state index is 14.5. The van der Waals surface area contributed by atoms with Crippen LogP contribution in [0.15, 0.2) is 45.2 Å². The van der Waals surface area contributed by atoms with Crippen LogP contribution in [-0.4, -0.2) is 66.6 Å². The van der Waals surface area contributed by atoms with Crippen molar-refractivity contribution in [2.24, 2.45) is 5.11 Å². The Bertz CT molecular complexity index is 3030. The normalized spacial score (nSPS) is 16.3. The van der Waals surface area contributed by atoms with E-state index in [1.807, 2.05) is 0 Å². The maximum atomic E-state index is 14.5. The number of carbonyl (C=O) groups is 1. The minimum absolute atomic E-state index is 0.154. The van der Waals surface area contributed by atoms with Crippen molar-refractivity contribution in [3.05, 3.63) is 114 Å². The van der Waals surface area contributed by atoms with E-state index in [4.69, 9.17) is 10.3 Å². The first-order chi connectivity index (χ1) is 30.2. The highest BCUT2D eigenvalue weighted by atomic mass is 32.2. The average molecular weight is 909 g/mol. The number of nitrogens with zero attached hydrogens (tertiary/aromatic N) is 5. The number of hydrogen-bond acceptors (Lipinski definition) is 8. The van der Waals surface area contributed by atoms with Crippen molar-refractivity contribution in [2.75, 3.05) is 44.2 Å². The zero-order valence-electron chi connectivity index (χ0n) is 33.9. The molecule has 5 aliphatic heterocycles. The molecule has 9 rings (SSSR count). The molecule has 4 aromatic carbocycles. The largest absolute Gasteiger partial charge is 0.455 e. The summed E-state index contributed by atoms with van der Waals surface area (Å²) in [7, 11) is -9.37. The standard InChI is InChI=1S/C43H41F4N7O7S2/c44-34-33(35(45)37(47)38(36(34)46)51-52-48)43(55)49-14-2-1-3-15-50-62(56,57)31-22-25(63(58,59)60)12-13-26(31)32-29-20-23-8-4-16-53-18-6-10-27(39(23)53)41(29)61-42-28-11-7-19-54-17-5-9-24(40(28)54)21-30(32)42/h12-13,20-22,50H,1-11,14-19H2,(H-,49,55,58,59,60)/p+1. The molecule has 0 saturated heterocycles. The van der Waals surface area contributed by atoms with Gasteiger partial charge in [0.25, 0.3) is 16.0 Å². The number of fused-ring (bicyclic) bond motifs is 4. The number of carbonyl (C=O) groups excluding carboxylic acids is 1. The van der Waals surface area contributed by atoms with Crippen LogP contribution in [0.4, 0.5) is 28.9 Å². The fraction of sp³-hybridized carbons (Fsp3) is 0.395. The molecule has 0 atom stereocenters. The molecule has 0 aliphatic carbocycles. The molecule has 0 fully saturated rings. The monoisotopic (exact) mass is 908 g/mol. The van der Waals surface area contributed by atoms with E-state index in [1.54, 1.807) is 0 Å². The molecule has 0 saturated carbocycles. The molecule has 5 aliphatic rings. The predicted octanol–water partition coefficient (Wildman–Crippen LogP) is 5.75. The molecule has 0 unspecified atom stereocenters. The summed E-state index contributed by atoms with van der Waals surface area (Å²) in [5.74, 6) is -8.25. The number of unbranched alkanes of at least 4 members (excludes halogenated alkanes) is 2. The third kappa shape index (κ3) is 7.50. The second kappa shape index (κ2) is 16.5. The number of ether oxygens (including phenoxy) is 1. The Kier molecular flexibility index (Phi) is 11.2. The minimum atomic E-state index is -4.85. The van der Waals surface area contributed by atoms with Crippen LogP contribution in [0.3, 0.4) is 0 Å². The van der Waals surface area contributed by atoms with E-state index in [0.29, 0.717) is 27.9 Å². The van der Waals surface area contributed by atoms with Crippen LogP contribution >= 0.6 is 0 Å². The van der Waals surface area contributed by atoms with Crippen LogP contribution < -0.4 is 34.8 Å². The fourth-order valence-corrected chi connectivity index (χ4v) is 11.7. The molecule has 0 radical (unpaired) electrons. The quantitative estimate of drug-likeness (QED) is 0.0206. The van der Waals surface area contributed by atoms with Gasteiger partial charge in [-0.2, -0.15) is 8.42 Å². The van der Waals surface area contributed by atoms with Gasteiger partial charge in [0.05, 0.1) is 15.4 Å². The van der Waals surface area contributed by atoms with Gasteiger partial charge in [-0.05, 0) is 86.7 Å². The molecule has 0 spiro atoms. The van der Waals surface area contributed by atoms with Crippen molar-refractivity contribution in [1.82, 2.24) is 14.6 Å². The van der Waals surface area contributed by atoms with Crippen LogP contribution in [0, 0.1) is 23.3 Å². The molecule has 4 aromatic rings. The van der Waals surface area contributed by atoms with Crippen molar-refractivity contribution < 1.29 is 48.5 Å². The van der Waals surface area contributed by atoms with Gasteiger partial charge in [0.2, 0.25) is 15.4 Å². The number of anilines is 1. The summed E-state index contributed by atoms with van der Waals surface area (Å²) in [4.78, 5) is 16.1. The maximum Gasteiger partial charge on any atom is 0.294 e. The second-order valence-electron chi connectivity index (χ2n) is 16.4. The van der Waals surface area contributed by atoms with E-state index in [2.05, 4.69) is 41.7 Å². The van der Waals surface area contributed by atoms with Crippen LogP contribution in [0.25, 0.3) is 16.0 Å². The van der Waals surface area contributed by atoms with Gasteiger partial charge in [-0.15, -0.1) is 0 Å². The SMILES string of the molecule is [N-]=[N+]=Nc1c(F)c(F)c(C(=O)NCCCCCNS(=O)(=O)c2cc(S(=O)(=O)O)ccc2C2=c3cc4c5c(c3Oc3c2cc2c6c3CCCN6CCC2)CCC[N+]=5CCC4)c(F)c1F. The molecule has 5 heterocycles. The van der Waals surface area contributed by atoms with Crippen molar-refractivity contribution in [3.63, 3.8) is 0 Å². The van der Waals surface area contributed by atoms with Gasteiger partial charge in [0.1, 0.15) is 35.8 Å². The number of aryl methyl sites for hydroxylation is 2. The highest BCUT2D eigenvalue weighted by Gasteiger charge is 2.37. The highest BCUT2D eigenvalue weighted by molar-refractivity contribution is 7.89. The molecule has 14 nitrogen and oxygen atoms in total. The summed E-state index contributed by atoms with van der Waals surface area (Å²) in [5, 5.41) is 6.66. The Morgan fingerprint density at radius 2 is 1.51 bits per heavy atom. The molecule has 0 bridgehead atoms. The first-order valence-electron chi connectivity index (χ1n) is 20.9. The van der Waals surface area contributed by atoms with Gasteiger partial charge in [-0.25, -0.2) is 35.3 Å². The molecule has 1 amide bonds. The van der Waals surface area contributed by atoms with Crippen molar-refractivity contribution in [1.29, 1.82) is 0 Å². The van der Waals surface area contributed by atoms with Crippen LogP contribution in [0.2, 0.25) is 0 Å². The number of sulfonamides is 1. The second-order valence-corrected chi connectivity index (χ2v) is 19.5. The third-order valence-corrected chi connectivity index (χ3v) is 14.9. The third-order valence-electron chi connectivity index (χ3n) is 12.5. The zero-order valence-corrected chi connectivity index (χ0v) is 35.5. The van der Waals surface area contributed by atoms with E-state index in [1.165, 1.54) is 23.2 Å². The van der Waals surface area contributed by atoms with Gasteiger partial charge in [0, 0.05) is 82.7 Å².